The van der Waals surface area contributed by atoms with E-state index in [9.17, 15) is 13.2 Å². The zero-order chi connectivity index (χ0) is 21.3. The number of imidazole rings is 1. The van der Waals surface area contributed by atoms with Gasteiger partial charge >= 0.3 is 0 Å². The van der Waals surface area contributed by atoms with Crippen molar-refractivity contribution in [3.8, 4) is 0 Å². The van der Waals surface area contributed by atoms with Gasteiger partial charge in [-0.1, -0.05) is 17.7 Å². The molecule has 0 aliphatic heterocycles. The molecule has 7 nitrogen and oxygen atoms in total. The highest BCUT2D eigenvalue weighted by molar-refractivity contribution is 7.89. The maximum atomic E-state index is 12.9. The molecule has 154 valence electrons. The van der Waals surface area contributed by atoms with Gasteiger partial charge in [-0.3, -0.25) is 4.79 Å². The fourth-order valence-electron chi connectivity index (χ4n) is 3.05. The molecule has 1 heterocycles. The van der Waals surface area contributed by atoms with Crippen LogP contribution in [0.1, 0.15) is 35.6 Å². The summed E-state index contributed by atoms with van der Waals surface area (Å²) in [5, 5.41) is 2.86. The van der Waals surface area contributed by atoms with Crippen molar-refractivity contribution in [2.45, 2.75) is 38.3 Å². The molecular weight excluding hydrogens is 388 g/mol. The van der Waals surface area contributed by atoms with Crippen molar-refractivity contribution in [3.63, 3.8) is 0 Å². The summed E-state index contributed by atoms with van der Waals surface area (Å²) in [6.07, 6.45) is 0. The lowest BCUT2D eigenvalue weighted by molar-refractivity contribution is 0.0943. The molecule has 0 saturated carbocycles. The van der Waals surface area contributed by atoms with E-state index in [0.29, 0.717) is 16.9 Å². The maximum Gasteiger partial charge on any atom is 0.251 e. The standard InChI is InChI=1S/C21H26N4O3S/c1-14(2)22-21(26)16-8-11-19-18(12-16)23-20(25(19)5)13-24(4)29(27,28)17-9-6-15(3)7-10-17/h6-12,14H,13H2,1-5H3,(H,22,26). The van der Waals surface area contributed by atoms with E-state index in [2.05, 4.69) is 10.3 Å². The molecule has 1 amide bonds. The van der Waals surface area contributed by atoms with Crippen LogP contribution in [0.4, 0.5) is 0 Å². The molecule has 29 heavy (non-hydrogen) atoms. The van der Waals surface area contributed by atoms with E-state index in [4.69, 9.17) is 0 Å². The van der Waals surface area contributed by atoms with Crippen LogP contribution in [0.2, 0.25) is 0 Å². The number of benzene rings is 2. The van der Waals surface area contributed by atoms with Gasteiger partial charge in [-0.05, 0) is 51.1 Å². The third-order valence-corrected chi connectivity index (χ3v) is 6.57. The van der Waals surface area contributed by atoms with Crippen molar-refractivity contribution in [2.24, 2.45) is 7.05 Å². The molecule has 0 aliphatic rings. The Hall–Kier alpha value is -2.71. The van der Waals surface area contributed by atoms with Gasteiger partial charge in [-0.25, -0.2) is 13.4 Å². The molecule has 3 aromatic rings. The lowest BCUT2D eigenvalue weighted by Crippen LogP contribution is -2.29. The van der Waals surface area contributed by atoms with Crippen LogP contribution < -0.4 is 5.32 Å². The molecule has 0 fully saturated rings. The third-order valence-electron chi connectivity index (χ3n) is 4.75. The van der Waals surface area contributed by atoms with Crippen LogP contribution in [-0.4, -0.2) is 41.3 Å². The summed E-state index contributed by atoms with van der Waals surface area (Å²) in [4.78, 5) is 17.1. The second-order valence-corrected chi connectivity index (χ2v) is 9.54. The van der Waals surface area contributed by atoms with Crippen molar-refractivity contribution < 1.29 is 13.2 Å². The number of sulfonamides is 1. The van der Waals surface area contributed by atoms with E-state index in [1.165, 1.54) is 11.4 Å². The summed E-state index contributed by atoms with van der Waals surface area (Å²) in [7, 11) is -0.251. The predicted molar refractivity (Wildman–Crippen MR) is 113 cm³/mol. The Morgan fingerprint density at radius 3 is 2.45 bits per heavy atom. The second-order valence-electron chi connectivity index (χ2n) is 7.49. The van der Waals surface area contributed by atoms with E-state index < -0.39 is 10.0 Å². The normalized spacial score (nSPS) is 12.1. The highest BCUT2D eigenvalue weighted by Gasteiger charge is 2.23. The molecule has 8 heteroatoms. The molecule has 0 saturated heterocycles. The van der Waals surface area contributed by atoms with Crippen LogP contribution in [0.3, 0.4) is 0 Å². The number of hydrogen-bond acceptors (Lipinski definition) is 4. The number of aromatic nitrogens is 2. The van der Waals surface area contributed by atoms with Crippen molar-refractivity contribution in [1.29, 1.82) is 0 Å². The van der Waals surface area contributed by atoms with Crippen LogP contribution in [0, 0.1) is 6.92 Å². The summed E-state index contributed by atoms with van der Waals surface area (Å²) >= 11 is 0. The quantitative estimate of drug-likeness (QED) is 0.672. The molecule has 3 rings (SSSR count). The van der Waals surface area contributed by atoms with Gasteiger partial charge in [0.05, 0.1) is 22.5 Å². The van der Waals surface area contributed by atoms with Crippen LogP contribution in [0.15, 0.2) is 47.4 Å². The molecule has 0 aliphatic carbocycles. The number of carbonyl (C=O) groups is 1. The molecule has 1 N–H and O–H groups in total. The number of rotatable bonds is 6. The molecule has 0 bridgehead atoms. The van der Waals surface area contributed by atoms with Gasteiger partial charge in [0.2, 0.25) is 10.0 Å². The summed E-state index contributed by atoms with van der Waals surface area (Å²) in [5.41, 5.74) is 3.01. The molecule has 1 aromatic heterocycles. The number of hydrogen-bond donors (Lipinski definition) is 1. The molecule has 0 unspecified atom stereocenters. The first kappa shape index (κ1) is 21.0. The van der Waals surface area contributed by atoms with E-state index in [-0.39, 0.29) is 23.4 Å². The summed E-state index contributed by atoms with van der Waals surface area (Å²) < 4.78 is 28.8. The number of nitrogens with zero attached hydrogens (tertiary/aromatic N) is 3. The SMILES string of the molecule is Cc1ccc(S(=O)(=O)N(C)Cc2nc3cc(C(=O)NC(C)C)ccc3n2C)cc1. The third kappa shape index (κ3) is 4.33. The Morgan fingerprint density at radius 1 is 1.17 bits per heavy atom. The van der Waals surface area contributed by atoms with Crippen LogP contribution in [0.5, 0.6) is 0 Å². The fourth-order valence-corrected chi connectivity index (χ4v) is 4.18. The zero-order valence-electron chi connectivity index (χ0n) is 17.3. The van der Waals surface area contributed by atoms with Gasteiger partial charge in [0.15, 0.2) is 0 Å². The van der Waals surface area contributed by atoms with Crippen molar-refractivity contribution in [3.05, 3.63) is 59.4 Å². The van der Waals surface area contributed by atoms with Gasteiger partial charge in [0.1, 0.15) is 5.82 Å². The summed E-state index contributed by atoms with van der Waals surface area (Å²) in [6.45, 7) is 5.84. The lowest BCUT2D eigenvalue weighted by Gasteiger charge is -2.17. The predicted octanol–water partition coefficient (Wildman–Crippen LogP) is 2.84. The lowest BCUT2D eigenvalue weighted by atomic mass is 10.2. The smallest absolute Gasteiger partial charge is 0.251 e. The number of fused-ring (bicyclic) bond motifs is 1. The van der Waals surface area contributed by atoms with Crippen LogP contribution in [0.25, 0.3) is 11.0 Å². The van der Waals surface area contributed by atoms with E-state index in [1.54, 1.807) is 36.4 Å². The summed E-state index contributed by atoms with van der Waals surface area (Å²) in [6, 6.07) is 12.1. The maximum absolute atomic E-state index is 12.9. The molecular formula is C21H26N4O3S. The zero-order valence-corrected chi connectivity index (χ0v) is 18.1. The summed E-state index contributed by atoms with van der Waals surface area (Å²) in [5.74, 6) is 0.438. The van der Waals surface area contributed by atoms with Crippen molar-refractivity contribution in [2.75, 3.05) is 7.05 Å². The Kier molecular flexibility index (Phi) is 5.77. The fraction of sp³-hybridized carbons (Fsp3) is 0.333. The van der Waals surface area contributed by atoms with Gasteiger partial charge < -0.3 is 9.88 Å². The average molecular weight is 415 g/mol. The number of nitrogens with one attached hydrogen (secondary N) is 1. The minimum absolute atomic E-state index is 0.0399. The van der Waals surface area contributed by atoms with Crippen molar-refractivity contribution in [1.82, 2.24) is 19.2 Å². The minimum atomic E-state index is -3.63. The monoisotopic (exact) mass is 414 g/mol. The Morgan fingerprint density at radius 2 is 1.83 bits per heavy atom. The first-order valence-electron chi connectivity index (χ1n) is 9.39. The highest BCUT2D eigenvalue weighted by atomic mass is 32.2. The van der Waals surface area contributed by atoms with E-state index in [1.807, 2.05) is 38.5 Å². The molecule has 2 aromatic carbocycles. The van der Waals surface area contributed by atoms with Gasteiger partial charge in [0.25, 0.3) is 5.91 Å². The van der Waals surface area contributed by atoms with E-state index >= 15 is 0 Å². The van der Waals surface area contributed by atoms with Crippen molar-refractivity contribution >= 4 is 27.0 Å². The van der Waals surface area contributed by atoms with Crippen LogP contribution in [-0.2, 0) is 23.6 Å². The Labute approximate surface area is 171 Å². The van der Waals surface area contributed by atoms with Gasteiger partial charge in [-0.2, -0.15) is 4.31 Å². The highest BCUT2D eigenvalue weighted by Crippen LogP contribution is 2.21. The van der Waals surface area contributed by atoms with Gasteiger partial charge in [0, 0.05) is 25.7 Å². The number of carbonyl (C=O) groups excluding carboxylic acids is 1. The largest absolute Gasteiger partial charge is 0.350 e. The minimum Gasteiger partial charge on any atom is -0.350 e. The number of amides is 1. The van der Waals surface area contributed by atoms with E-state index in [0.717, 1.165) is 11.1 Å². The molecule has 0 spiro atoms. The number of aryl methyl sites for hydroxylation is 2. The first-order chi connectivity index (χ1) is 13.6. The second kappa shape index (κ2) is 7.96. The molecule has 0 atom stereocenters. The molecule has 0 radical (unpaired) electrons. The topological polar surface area (TPSA) is 84.3 Å². The Balaban J connectivity index is 1.88. The average Bonchev–Trinajstić information content (AvgIpc) is 2.96. The first-order valence-corrected chi connectivity index (χ1v) is 10.8. The van der Waals surface area contributed by atoms with Gasteiger partial charge in [-0.15, -0.1) is 0 Å². The van der Waals surface area contributed by atoms with Crippen LogP contribution >= 0.6 is 0 Å². The Bertz CT molecular complexity index is 1150.